The second-order valence-corrected chi connectivity index (χ2v) is 5.03. The van der Waals surface area contributed by atoms with Crippen LogP contribution in [-0.2, 0) is 10.0 Å². The fourth-order valence-corrected chi connectivity index (χ4v) is 2.16. The molecule has 1 unspecified atom stereocenters. The van der Waals surface area contributed by atoms with Gasteiger partial charge in [-0.25, -0.2) is 13.1 Å². The number of hydrogen-bond donors (Lipinski definition) is 4. The number of nitrogens with two attached hydrogens (primary N) is 1. The monoisotopic (exact) mass is 246 g/mol. The summed E-state index contributed by atoms with van der Waals surface area (Å²) in [6, 6.07) is 5.80. The van der Waals surface area contributed by atoms with Crippen LogP contribution in [-0.4, -0.2) is 37.9 Å². The van der Waals surface area contributed by atoms with E-state index in [4.69, 9.17) is 15.9 Å². The van der Waals surface area contributed by atoms with Crippen molar-refractivity contribution in [3.05, 3.63) is 24.3 Å². The van der Waals surface area contributed by atoms with Crippen molar-refractivity contribution in [2.45, 2.75) is 11.0 Å². The maximum atomic E-state index is 11.6. The molecular formula is C9H14N2O4S. The Hall–Kier alpha value is -1.15. The number of anilines is 1. The Morgan fingerprint density at radius 3 is 2.69 bits per heavy atom. The van der Waals surface area contributed by atoms with Crippen LogP contribution >= 0.6 is 0 Å². The fourth-order valence-electron chi connectivity index (χ4n) is 1.04. The molecule has 1 rings (SSSR count). The largest absolute Gasteiger partial charge is 0.399 e. The van der Waals surface area contributed by atoms with E-state index < -0.39 is 22.7 Å². The number of sulfonamides is 1. The highest BCUT2D eigenvalue weighted by atomic mass is 32.2. The molecule has 0 amide bonds. The zero-order valence-electron chi connectivity index (χ0n) is 8.50. The number of aliphatic hydroxyl groups excluding tert-OH is 2. The van der Waals surface area contributed by atoms with E-state index in [-0.39, 0.29) is 11.4 Å². The summed E-state index contributed by atoms with van der Waals surface area (Å²) in [5.74, 6) is 0. The predicted octanol–water partition coefficient (Wildman–Crippen LogP) is -1.10. The maximum absolute atomic E-state index is 11.6. The van der Waals surface area contributed by atoms with Crippen molar-refractivity contribution in [3.63, 3.8) is 0 Å². The van der Waals surface area contributed by atoms with Gasteiger partial charge >= 0.3 is 0 Å². The molecule has 7 heteroatoms. The molecule has 0 fully saturated rings. The van der Waals surface area contributed by atoms with Gasteiger partial charge in [0.25, 0.3) is 0 Å². The molecule has 0 saturated heterocycles. The molecule has 1 aromatic carbocycles. The molecule has 6 nitrogen and oxygen atoms in total. The van der Waals surface area contributed by atoms with Crippen molar-refractivity contribution in [1.29, 1.82) is 0 Å². The van der Waals surface area contributed by atoms with Crippen molar-refractivity contribution in [1.82, 2.24) is 4.72 Å². The number of nitrogens with one attached hydrogen (secondary N) is 1. The Bertz CT molecular complexity index is 447. The van der Waals surface area contributed by atoms with Crippen molar-refractivity contribution in [2.75, 3.05) is 18.9 Å². The minimum atomic E-state index is -3.69. The van der Waals surface area contributed by atoms with E-state index in [9.17, 15) is 8.42 Å². The van der Waals surface area contributed by atoms with E-state index in [1.165, 1.54) is 18.2 Å². The third kappa shape index (κ3) is 3.46. The minimum absolute atomic E-state index is 0.0256. The molecule has 0 saturated carbocycles. The van der Waals surface area contributed by atoms with Gasteiger partial charge in [0, 0.05) is 12.2 Å². The Morgan fingerprint density at radius 2 is 2.12 bits per heavy atom. The van der Waals surface area contributed by atoms with E-state index in [2.05, 4.69) is 4.72 Å². The number of rotatable bonds is 5. The fraction of sp³-hybridized carbons (Fsp3) is 0.333. The smallest absolute Gasteiger partial charge is 0.240 e. The van der Waals surface area contributed by atoms with Gasteiger partial charge in [-0.15, -0.1) is 0 Å². The Balaban J connectivity index is 2.78. The van der Waals surface area contributed by atoms with E-state index in [0.29, 0.717) is 5.69 Å². The van der Waals surface area contributed by atoms with Crippen LogP contribution < -0.4 is 10.5 Å². The first-order valence-electron chi connectivity index (χ1n) is 4.60. The Labute approximate surface area is 93.8 Å². The van der Waals surface area contributed by atoms with Gasteiger partial charge in [-0.2, -0.15) is 0 Å². The predicted molar refractivity (Wildman–Crippen MR) is 59.1 cm³/mol. The molecule has 16 heavy (non-hydrogen) atoms. The van der Waals surface area contributed by atoms with Crippen molar-refractivity contribution >= 4 is 15.7 Å². The van der Waals surface area contributed by atoms with Crippen molar-refractivity contribution < 1.29 is 18.6 Å². The molecule has 0 aliphatic carbocycles. The van der Waals surface area contributed by atoms with E-state index >= 15 is 0 Å². The summed E-state index contributed by atoms with van der Waals surface area (Å²) >= 11 is 0. The summed E-state index contributed by atoms with van der Waals surface area (Å²) in [6.07, 6.45) is -1.11. The van der Waals surface area contributed by atoms with Gasteiger partial charge < -0.3 is 15.9 Å². The maximum Gasteiger partial charge on any atom is 0.240 e. The number of benzene rings is 1. The molecule has 0 bridgehead atoms. The van der Waals surface area contributed by atoms with Crippen LogP contribution in [0.1, 0.15) is 0 Å². The number of aliphatic hydroxyl groups is 2. The van der Waals surface area contributed by atoms with Gasteiger partial charge in [-0.05, 0) is 18.2 Å². The lowest BCUT2D eigenvalue weighted by atomic mass is 10.3. The molecule has 1 aromatic rings. The second kappa shape index (κ2) is 5.26. The molecular weight excluding hydrogens is 232 g/mol. The van der Waals surface area contributed by atoms with Crippen LogP contribution in [0.3, 0.4) is 0 Å². The number of hydrogen-bond acceptors (Lipinski definition) is 5. The first-order valence-corrected chi connectivity index (χ1v) is 6.08. The lowest BCUT2D eigenvalue weighted by Crippen LogP contribution is -2.33. The van der Waals surface area contributed by atoms with Gasteiger partial charge in [0.15, 0.2) is 0 Å². The number of nitrogen functional groups attached to an aromatic ring is 1. The Kier molecular flexibility index (Phi) is 4.25. The van der Waals surface area contributed by atoms with E-state index in [1.54, 1.807) is 6.07 Å². The lowest BCUT2D eigenvalue weighted by Gasteiger charge is -2.10. The first kappa shape index (κ1) is 12.9. The normalized spacial score (nSPS) is 13.6. The summed E-state index contributed by atoms with van der Waals surface area (Å²) < 4.78 is 25.5. The standard InChI is InChI=1S/C9H14N2O4S/c10-7-2-1-3-9(4-7)16(14,15)11-5-8(13)6-12/h1-4,8,11-13H,5-6,10H2. The van der Waals surface area contributed by atoms with Crippen LogP contribution in [0.4, 0.5) is 5.69 Å². The lowest BCUT2D eigenvalue weighted by molar-refractivity contribution is 0.0988. The Morgan fingerprint density at radius 1 is 1.44 bits per heavy atom. The van der Waals surface area contributed by atoms with Gasteiger partial charge in [-0.1, -0.05) is 6.07 Å². The molecule has 5 N–H and O–H groups in total. The summed E-state index contributed by atoms with van der Waals surface area (Å²) in [7, 11) is -3.69. The molecule has 0 heterocycles. The molecule has 0 spiro atoms. The van der Waals surface area contributed by atoms with Crippen LogP contribution in [0.15, 0.2) is 29.2 Å². The third-order valence-corrected chi connectivity index (χ3v) is 3.31. The summed E-state index contributed by atoms with van der Waals surface area (Å²) in [4.78, 5) is 0.0256. The van der Waals surface area contributed by atoms with E-state index in [0.717, 1.165) is 0 Å². The highest BCUT2D eigenvalue weighted by molar-refractivity contribution is 7.89. The minimum Gasteiger partial charge on any atom is -0.399 e. The van der Waals surface area contributed by atoms with Gasteiger partial charge in [0.05, 0.1) is 17.6 Å². The quantitative estimate of drug-likeness (QED) is 0.493. The molecule has 0 aromatic heterocycles. The molecule has 0 radical (unpaired) electrons. The topological polar surface area (TPSA) is 113 Å². The van der Waals surface area contributed by atoms with Gasteiger partial charge in [0.1, 0.15) is 0 Å². The van der Waals surface area contributed by atoms with Crippen LogP contribution in [0, 0.1) is 0 Å². The molecule has 90 valence electrons. The molecule has 0 aliphatic rings. The van der Waals surface area contributed by atoms with Crippen LogP contribution in [0.25, 0.3) is 0 Å². The van der Waals surface area contributed by atoms with Crippen molar-refractivity contribution in [2.24, 2.45) is 0 Å². The van der Waals surface area contributed by atoms with Crippen LogP contribution in [0.5, 0.6) is 0 Å². The molecule has 1 atom stereocenters. The second-order valence-electron chi connectivity index (χ2n) is 3.26. The average molecular weight is 246 g/mol. The van der Waals surface area contributed by atoms with Gasteiger partial charge in [0.2, 0.25) is 10.0 Å². The zero-order chi connectivity index (χ0) is 12.2. The van der Waals surface area contributed by atoms with Gasteiger partial charge in [-0.3, -0.25) is 0 Å². The molecule has 0 aliphatic heterocycles. The summed E-state index contributed by atoms with van der Waals surface area (Å²) in [5.41, 5.74) is 5.79. The average Bonchev–Trinajstić information content (AvgIpc) is 2.26. The SMILES string of the molecule is Nc1cccc(S(=O)(=O)NCC(O)CO)c1. The van der Waals surface area contributed by atoms with Crippen LogP contribution in [0.2, 0.25) is 0 Å². The highest BCUT2D eigenvalue weighted by Gasteiger charge is 2.15. The summed E-state index contributed by atoms with van der Waals surface area (Å²) in [6.45, 7) is -0.743. The van der Waals surface area contributed by atoms with E-state index in [1.807, 2.05) is 0 Å². The summed E-state index contributed by atoms with van der Waals surface area (Å²) in [5, 5.41) is 17.6. The highest BCUT2D eigenvalue weighted by Crippen LogP contribution is 2.12. The third-order valence-electron chi connectivity index (χ3n) is 1.89. The first-order chi connectivity index (χ1) is 7.45. The van der Waals surface area contributed by atoms with Crippen molar-refractivity contribution in [3.8, 4) is 0 Å². The zero-order valence-corrected chi connectivity index (χ0v) is 9.31.